The summed E-state index contributed by atoms with van der Waals surface area (Å²) in [6.45, 7) is 6.37. The van der Waals surface area contributed by atoms with Crippen molar-refractivity contribution >= 4 is 22.7 Å². The molecule has 0 spiro atoms. The molecule has 0 radical (unpaired) electrons. The predicted molar refractivity (Wildman–Crippen MR) is 81.4 cm³/mol. The van der Waals surface area contributed by atoms with Gasteiger partial charge in [0.05, 0.1) is 0 Å². The zero-order valence-corrected chi connectivity index (χ0v) is 12.0. The number of hydrogen-bond donors (Lipinski definition) is 2. The third kappa shape index (κ3) is 3.26. The van der Waals surface area contributed by atoms with Crippen molar-refractivity contribution in [3.05, 3.63) is 45.6 Å². The van der Waals surface area contributed by atoms with Gasteiger partial charge < -0.3 is 11.1 Å². The van der Waals surface area contributed by atoms with Gasteiger partial charge in [-0.2, -0.15) is 0 Å². The van der Waals surface area contributed by atoms with Crippen LogP contribution in [0.15, 0.2) is 30.3 Å². The maximum Gasteiger partial charge on any atom is 0.0364 e. The van der Waals surface area contributed by atoms with Gasteiger partial charge in [0, 0.05) is 33.6 Å². The maximum atomic E-state index is 5.91. The van der Waals surface area contributed by atoms with Crippen LogP contribution in [0.1, 0.15) is 22.2 Å². The van der Waals surface area contributed by atoms with Gasteiger partial charge in [-0.25, -0.2) is 0 Å². The molecule has 1 aromatic heterocycles. The number of nitrogens with one attached hydrogen (secondary N) is 1. The van der Waals surface area contributed by atoms with E-state index in [4.69, 9.17) is 5.73 Å². The molecule has 0 fully saturated rings. The SMILES string of the molecule is Cc1ccc(CC(C)Nc2ccc(C)c(N)c2)s1. The molecule has 0 saturated heterocycles. The third-order valence-electron chi connectivity index (χ3n) is 3.00. The highest BCUT2D eigenvalue weighted by atomic mass is 32.1. The highest BCUT2D eigenvalue weighted by Gasteiger charge is 2.06. The molecule has 0 aliphatic carbocycles. The second-order valence-corrected chi connectivity index (χ2v) is 6.21. The Kier molecular flexibility index (Phi) is 3.92. The molecule has 0 amide bonds. The lowest BCUT2D eigenvalue weighted by atomic mass is 10.1. The van der Waals surface area contributed by atoms with Crippen molar-refractivity contribution in [1.29, 1.82) is 0 Å². The average Bonchev–Trinajstić information content (AvgIpc) is 2.69. The second-order valence-electron chi connectivity index (χ2n) is 4.83. The number of nitrogen functional groups attached to an aromatic ring is 1. The van der Waals surface area contributed by atoms with E-state index in [0.29, 0.717) is 6.04 Å². The van der Waals surface area contributed by atoms with Crippen LogP contribution in [0, 0.1) is 13.8 Å². The van der Waals surface area contributed by atoms with Gasteiger partial charge in [-0.15, -0.1) is 11.3 Å². The monoisotopic (exact) mass is 260 g/mol. The number of benzene rings is 1. The summed E-state index contributed by atoms with van der Waals surface area (Å²) in [5.41, 5.74) is 8.98. The Morgan fingerprint density at radius 3 is 2.61 bits per heavy atom. The Hall–Kier alpha value is -1.48. The highest BCUT2D eigenvalue weighted by molar-refractivity contribution is 7.11. The number of rotatable bonds is 4. The van der Waals surface area contributed by atoms with E-state index in [-0.39, 0.29) is 0 Å². The minimum absolute atomic E-state index is 0.408. The van der Waals surface area contributed by atoms with Gasteiger partial charge in [0.2, 0.25) is 0 Å². The van der Waals surface area contributed by atoms with Gasteiger partial charge in [-0.1, -0.05) is 6.07 Å². The average molecular weight is 260 g/mol. The number of nitrogens with two attached hydrogens (primary N) is 1. The first-order valence-corrected chi connectivity index (χ1v) is 7.04. The summed E-state index contributed by atoms with van der Waals surface area (Å²) in [6, 6.07) is 10.9. The van der Waals surface area contributed by atoms with Gasteiger partial charge >= 0.3 is 0 Å². The van der Waals surface area contributed by atoms with Crippen LogP contribution in [0.25, 0.3) is 0 Å². The van der Waals surface area contributed by atoms with E-state index in [1.165, 1.54) is 9.75 Å². The van der Waals surface area contributed by atoms with Gasteiger partial charge in [0.25, 0.3) is 0 Å². The molecule has 1 atom stereocenters. The second kappa shape index (κ2) is 5.44. The molecule has 1 aromatic carbocycles. The van der Waals surface area contributed by atoms with Crippen LogP contribution in [0.5, 0.6) is 0 Å². The molecule has 0 aliphatic rings. The molecule has 0 aliphatic heterocycles. The molecule has 96 valence electrons. The van der Waals surface area contributed by atoms with Crippen molar-refractivity contribution in [2.45, 2.75) is 33.2 Å². The van der Waals surface area contributed by atoms with E-state index in [0.717, 1.165) is 23.4 Å². The maximum absolute atomic E-state index is 5.91. The van der Waals surface area contributed by atoms with Gasteiger partial charge in [0.1, 0.15) is 0 Å². The van der Waals surface area contributed by atoms with Crippen molar-refractivity contribution in [1.82, 2.24) is 0 Å². The van der Waals surface area contributed by atoms with Crippen molar-refractivity contribution in [2.24, 2.45) is 0 Å². The standard InChI is InChI=1S/C15H20N2S/c1-10-4-6-13(9-15(10)16)17-11(2)8-14-7-5-12(3)18-14/h4-7,9,11,17H,8,16H2,1-3H3. The summed E-state index contributed by atoms with van der Waals surface area (Å²) in [7, 11) is 0. The summed E-state index contributed by atoms with van der Waals surface area (Å²) in [6.07, 6.45) is 1.05. The van der Waals surface area contributed by atoms with Gasteiger partial charge in [-0.05, 0) is 50.6 Å². The van der Waals surface area contributed by atoms with E-state index in [2.05, 4.69) is 43.4 Å². The molecule has 0 saturated carbocycles. The molecule has 1 heterocycles. The lowest BCUT2D eigenvalue weighted by Gasteiger charge is -2.15. The summed E-state index contributed by atoms with van der Waals surface area (Å²) in [4.78, 5) is 2.80. The first-order chi connectivity index (χ1) is 8.54. The summed E-state index contributed by atoms with van der Waals surface area (Å²) < 4.78 is 0. The normalized spacial score (nSPS) is 12.4. The lowest BCUT2D eigenvalue weighted by Crippen LogP contribution is -2.17. The van der Waals surface area contributed by atoms with E-state index in [1.54, 1.807) is 0 Å². The van der Waals surface area contributed by atoms with Crippen LogP contribution in [0.3, 0.4) is 0 Å². The molecule has 3 heteroatoms. The number of thiophene rings is 1. The Labute approximate surface area is 113 Å². The smallest absolute Gasteiger partial charge is 0.0364 e. The Balaban J connectivity index is 1.98. The fraction of sp³-hybridized carbons (Fsp3) is 0.333. The van der Waals surface area contributed by atoms with Crippen LogP contribution >= 0.6 is 11.3 Å². The molecule has 1 unspecified atom stereocenters. The van der Waals surface area contributed by atoms with Crippen LogP contribution in [0.2, 0.25) is 0 Å². The van der Waals surface area contributed by atoms with Crippen LogP contribution in [0.4, 0.5) is 11.4 Å². The Morgan fingerprint density at radius 2 is 2.00 bits per heavy atom. The van der Waals surface area contributed by atoms with Crippen LogP contribution in [-0.4, -0.2) is 6.04 Å². The lowest BCUT2D eigenvalue weighted by molar-refractivity contribution is 0.800. The zero-order valence-electron chi connectivity index (χ0n) is 11.2. The molecule has 0 bridgehead atoms. The summed E-state index contributed by atoms with van der Waals surface area (Å²) in [5, 5.41) is 3.49. The van der Waals surface area contributed by atoms with E-state index >= 15 is 0 Å². The van der Waals surface area contributed by atoms with Crippen molar-refractivity contribution in [2.75, 3.05) is 11.1 Å². The van der Waals surface area contributed by atoms with Crippen LogP contribution < -0.4 is 11.1 Å². The third-order valence-corrected chi connectivity index (χ3v) is 4.02. The molecule has 2 rings (SSSR count). The van der Waals surface area contributed by atoms with E-state index in [1.807, 2.05) is 24.3 Å². The molecule has 2 nitrogen and oxygen atoms in total. The highest BCUT2D eigenvalue weighted by Crippen LogP contribution is 2.20. The first-order valence-electron chi connectivity index (χ1n) is 6.22. The molecular formula is C15H20N2S. The molecule has 3 N–H and O–H groups in total. The van der Waals surface area contributed by atoms with Gasteiger partial charge in [0.15, 0.2) is 0 Å². The fourth-order valence-electron chi connectivity index (χ4n) is 1.96. The summed E-state index contributed by atoms with van der Waals surface area (Å²) >= 11 is 1.87. The minimum atomic E-state index is 0.408. The van der Waals surface area contributed by atoms with Crippen LogP contribution in [-0.2, 0) is 6.42 Å². The quantitative estimate of drug-likeness (QED) is 0.816. The summed E-state index contributed by atoms with van der Waals surface area (Å²) in [5.74, 6) is 0. The zero-order chi connectivity index (χ0) is 13.1. The first kappa shape index (κ1) is 13.0. The molecule has 2 aromatic rings. The largest absolute Gasteiger partial charge is 0.398 e. The minimum Gasteiger partial charge on any atom is -0.398 e. The van der Waals surface area contributed by atoms with Crippen molar-refractivity contribution < 1.29 is 0 Å². The van der Waals surface area contributed by atoms with E-state index < -0.39 is 0 Å². The molecular weight excluding hydrogens is 240 g/mol. The number of aryl methyl sites for hydroxylation is 2. The van der Waals surface area contributed by atoms with Crippen molar-refractivity contribution in [3.63, 3.8) is 0 Å². The molecule has 18 heavy (non-hydrogen) atoms. The topological polar surface area (TPSA) is 38.0 Å². The fourth-order valence-corrected chi connectivity index (χ4v) is 2.98. The Bertz CT molecular complexity index is 531. The van der Waals surface area contributed by atoms with Crippen molar-refractivity contribution in [3.8, 4) is 0 Å². The predicted octanol–water partition coefficient (Wildman–Crippen LogP) is 3.99. The number of hydrogen-bond acceptors (Lipinski definition) is 3. The Morgan fingerprint density at radius 1 is 1.22 bits per heavy atom. The number of anilines is 2. The van der Waals surface area contributed by atoms with E-state index in [9.17, 15) is 0 Å². The van der Waals surface area contributed by atoms with Gasteiger partial charge in [-0.3, -0.25) is 0 Å².